The molecule has 2 fully saturated rings. The molecule has 1 unspecified atom stereocenters. The number of esters is 2. The van der Waals surface area contributed by atoms with Gasteiger partial charge in [0.05, 0.1) is 45.5 Å². The van der Waals surface area contributed by atoms with Gasteiger partial charge in [-0.25, -0.2) is 13.7 Å². The van der Waals surface area contributed by atoms with E-state index in [1.54, 1.807) is 0 Å². The lowest BCUT2D eigenvalue weighted by molar-refractivity contribution is -0.671. The highest BCUT2D eigenvalue weighted by atomic mass is 31.2. The van der Waals surface area contributed by atoms with Crippen LogP contribution in [0.4, 0.5) is 0 Å². The number of aliphatic hydroxyl groups excluding tert-OH is 1. The van der Waals surface area contributed by atoms with Gasteiger partial charge in [-0.3, -0.25) is 23.2 Å². The molecule has 2 aliphatic heterocycles. The van der Waals surface area contributed by atoms with Crippen molar-refractivity contribution in [3.8, 4) is 6.07 Å². The molecule has 0 amide bonds. The molecule has 7 atom stereocenters. The summed E-state index contributed by atoms with van der Waals surface area (Å²) >= 11 is 0. The van der Waals surface area contributed by atoms with Crippen LogP contribution >= 0.6 is 7.82 Å². The van der Waals surface area contributed by atoms with E-state index in [1.807, 2.05) is 41.0 Å². The minimum Gasteiger partial charge on any atom is -0.461 e. The smallest absolute Gasteiger partial charge is 0.461 e. The van der Waals surface area contributed by atoms with Crippen molar-refractivity contribution < 1.29 is 56.3 Å². The lowest BCUT2D eigenvalue weighted by Gasteiger charge is -2.25. The van der Waals surface area contributed by atoms with Crippen LogP contribution in [0, 0.1) is 11.3 Å². The van der Waals surface area contributed by atoms with E-state index in [9.17, 15) is 19.3 Å². The number of imidazole rings is 1. The standard InChI is InChI=1S/C22H31B2N3O11P/c1-26-4-5-27(14-26)6-8-32-21(29)11-22(30)37-15-9-19(23)36-18(15)13-34-39(31,33-7-2-3-25)38-16-10-20(24)35-17(16)12-28/h4-5,14-20,28H,2,6-13H2,1H3/q+1/t15-,16-,17-,18-,19-,20-,39?/m1/s1. The van der Waals surface area contributed by atoms with Gasteiger partial charge in [0.2, 0.25) is 6.33 Å². The van der Waals surface area contributed by atoms with Crippen molar-refractivity contribution in [2.24, 2.45) is 7.05 Å². The molecule has 1 aromatic rings. The van der Waals surface area contributed by atoms with Crippen LogP contribution in [-0.2, 0) is 60.3 Å². The van der Waals surface area contributed by atoms with Crippen molar-refractivity contribution in [2.45, 2.75) is 68.7 Å². The minimum absolute atomic E-state index is 0.0732. The zero-order valence-electron chi connectivity index (χ0n) is 21.5. The predicted octanol–water partition coefficient (Wildman–Crippen LogP) is -0.843. The number of carbonyl (C=O) groups excluding carboxylic acids is 2. The molecule has 2 saturated heterocycles. The summed E-state index contributed by atoms with van der Waals surface area (Å²) < 4.78 is 54.5. The fourth-order valence-corrected chi connectivity index (χ4v) is 5.34. The van der Waals surface area contributed by atoms with Gasteiger partial charge in [0, 0.05) is 18.4 Å². The first kappa shape index (κ1) is 31.3. The number of hydrogen-bond acceptors (Lipinski definition) is 12. The number of aliphatic hydroxyl groups is 1. The quantitative estimate of drug-likeness (QED) is 0.0699. The third kappa shape index (κ3) is 10.0. The van der Waals surface area contributed by atoms with Crippen molar-refractivity contribution in [3.05, 3.63) is 18.7 Å². The molecule has 0 spiro atoms. The largest absolute Gasteiger partial charge is 0.475 e. The number of ether oxygens (including phenoxy) is 4. The van der Waals surface area contributed by atoms with Crippen LogP contribution in [0.5, 0.6) is 0 Å². The van der Waals surface area contributed by atoms with Gasteiger partial charge in [0.25, 0.3) is 0 Å². The van der Waals surface area contributed by atoms with Gasteiger partial charge < -0.3 is 24.1 Å². The minimum atomic E-state index is -4.30. The van der Waals surface area contributed by atoms with Gasteiger partial charge in [-0.2, -0.15) is 5.26 Å². The number of aromatic nitrogens is 2. The Morgan fingerprint density at radius 2 is 1.87 bits per heavy atom. The molecule has 3 heterocycles. The normalized spacial score (nSPS) is 28.0. The van der Waals surface area contributed by atoms with E-state index in [1.165, 1.54) is 0 Å². The number of carbonyl (C=O) groups is 2. The van der Waals surface area contributed by atoms with Crippen LogP contribution in [0.25, 0.3) is 0 Å². The first-order valence-electron chi connectivity index (χ1n) is 12.3. The third-order valence-corrected chi connectivity index (χ3v) is 7.26. The van der Waals surface area contributed by atoms with E-state index >= 15 is 0 Å². The molecule has 1 N–H and O–H groups in total. The Labute approximate surface area is 228 Å². The van der Waals surface area contributed by atoms with Gasteiger partial charge in [0.15, 0.2) is 0 Å². The number of hydrogen-bond donors (Lipinski definition) is 1. The van der Waals surface area contributed by atoms with Gasteiger partial charge in [-0.15, -0.1) is 0 Å². The van der Waals surface area contributed by atoms with Crippen LogP contribution in [0.2, 0.25) is 0 Å². The molecule has 14 nitrogen and oxygen atoms in total. The van der Waals surface area contributed by atoms with Gasteiger partial charge in [0.1, 0.15) is 66.0 Å². The Morgan fingerprint density at radius 3 is 2.54 bits per heavy atom. The van der Waals surface area contributed by atoms with Crippen molar-refractivity contribution in [1.82, 2.24) is 4.57 Å². The van der Waals surface area contributed by atoms with Gasteiger partial charge in [-0.05, 0) is 6.42 Å². The monoisotopic (exact) mass is 566 g/mol. The highest BCUT2D eigenvalue weighted by molar-refractivity contribution is 7.48. The van der Waals surface area contributed by atoms with Crippen LogP contribution in [0.3, 0.4) is 0 Å². The average molecular weight is 566 g/mol. The molecule has 0 bridgehead atoms. The molecule has 4 radical (unpaired) electrons. The molecule has 0 aliphatic carbocycles. The zero-order chi connectivity index (χ0) is 28.4. The molecule has 210 valence electrons. The topological polar surface area (TPSA) is 169 Å². The summed E-state index contributed by atoms with van der Waals surface area (Å²) in [5, 5.41) is 18.3. The second-order valence-corrected chi connectivity index (χ2v) is 10.6. The number of phosphoric acid groups is 1. The number of nitrogens with zero attached hydrogens (tertiary/aromatic N) is 3. The summed E-state index contributed by atoms with van der Waals surface area (Å²) in [5.74, 6) is -1.61. The highest BCUT2D eigenvalue weighted by Crippen LogP contribution is 2.53. The van der Waals surface area contributed by atoms with Crippen molar-refractivity contribution in [1.29, 1.82) is 5.26 Å². The molecule has 39 heavy (non-hydrogen) atoms. The summed E-state index contributed by atoms with van der Waals surface area (Å²) in [6.07, 6.45) is 1.33. The van der Waals surface area contributed by atoms with Crippen LogP contribution in [0.15, 0.2) is 18.7 Å². The van der Waals surface area contributed by atoms with Crippen molar-refractivity contribution >= 4 is 35.5 Å². The number of rotatable bonds is 15. The SMILES string of the molecule is [B][C@H]1C[C@@H](OC(=O)CC(=O)OCCn2cc[n+](C)c2)[C@@H](COP(=O)(OCCC#N)O[C@@H]2C[C@H]([B])O[C@@H]2CO)O1. The van der Waals surface area contributed by atoms with E-state index < -0.39 is 75.8 Å². The molecule has 17 heteroatoms. The zero-order valence-corrected chi connectivity index (χ0v) is 22.4. The van der Waals surface area contributed by atoms with Crippen molar-refractivity contribution in [2.75, 3.05) is 26.4 Å². The Kier molecular flexibility index (Phi) is 12.0. The molecule has 0 aromatic carbocycles. The summed E-state index contributed by atoms with van der Waals surface area (Å²) in [4.78, 5) is 24.4. The maximum absolute atomic E-state index is 13.3. The number of phosphoric ester groups is 1. The second kappa shape index (κ2) is 14.9. The fraction of sp³-hybridized carbons (Fsp3) is 0.727. The molecule has 1 aromatic heterocycles. The predicted molar refractivity (Wildman–Crippen MR) is 131 cm³/mol. The molecular weight excluding hydrogens is 535 g/mol. The molecular formula is C22H31B2N3O11P+. The summed E-state index contributed by atoms with van der Waals surface area (Å²) in [5.41, 5.74) is 0. The Balaban J connectivity index is 1.50. The van der Waals surface area contributed by atoms with E-state index in [-0.39, 0.29) is 32.5 Å². The van der Waals surface area contributed by atoms with Crippen molar-refractivity contribution in [3.63, 3.8) is 0 Å². The van der Waals surface area contributed by atoms with Crippen LogP contribution in [-0.4, -0.2) is 100 Å². The molecule has 0 saturated carbocycles. The molecule has 2 aliphatic rings. The summed E-state index contributed by atoms with van der Waals surface area (Å²) in [7, 11) is 9.13. The Bertz CT molecular complexity index is 1050. The third-order valence-electron chi connectivity index (χ3n) is 5.77. The van der Waals surface area contributed by atoms with E-state index in [0.29, 0.717) is 6.54 Å². The summed E-state index contributed by atoms with van der Waals surface area (Å²) in [6, 6.07) is 0.289. The lowest BCUT2D eigenvalue weighted by Crippen LogP contribution is -2.32. The Morgan fingerprint density at radius 1 is 1.15 bits per heavy atom. The van der Waals surface area contributed by atoms with E-state index in [4.69, 9.17) is 53.5 Å². The second-order valence-electron chi connectivity index (χ2n) is 8.95. The Hall–Kier alpha value is -2.24. The van der Waals surface area contributed by atoms with Gasteiger partial charge >= 0.3 is 19.8 Å². The fourth-order valence-electron chi connectivity index (χ4n) is 3.95. The first-order chi connectivity index (χ1) is 18.6. The maximum atomic E-state index is 13.3. The van der Waals surface area contributed by atoms with E-state index in [0.717, 1.165) is 0 Å². The molecule has 3 rings (SSSR count). The highest BCUT2D eigenvalue weighted by Gasteiger charge is 2.43. The average Bonchev–Trinajstić information content (AvgIpc) is 3.55. The maximum Gasteiger partial charge on any atom is 0.475 e. The van der Waals surface area contributed by atoms with Crippen LogP contribution in [0.1, 0.15) is 25.7 Å². The number of aryl methyl sites for hydroxylation is 1. The number of nitriles is 1. The summed E-state index contributed by atoms with van der Waals surface area (Å²) in [6.45, 7) is -0.626. The van der Waals surface area contributed by atoms with Crippen LogP contribution < -0.4 is 4.57 Å². The first-order valence-corrected chi connectivity index (χ1v) is 13.8. The van der Waals surface area contributed by atoms with E-state index in [2.05, 4.69) is 0 Å². The lowest BCUT2D eigenvalue weighted by atomic mass is 9.96. The van der Waals surface area contributed by atoms with Gasteiger partial charge in [-0.1, -0.05) is 0 Å².